The number of ether oxygens (including phenoxy) is 1. The fraction of sp³-hybridized carbons (Fsp3) is 0.960. The van der Waals surface area contributed by atoms with E-state index in [1.165, 1.54) is 52.1 Å². The van der Waals surface area contributed by atoms with Crippen LogP contribution in [-0.4, -0.2) is 24.3 Å². The lowest BCUT2D eigenvalue weighted by atomic mass is 9.44. The Morgan fingerprint density at radius 1 is 1.04 bits per heavy atom. The van der Waals surface area contributed by atoms with Gasteiger partial charge in [0.1, 0.15) is 0 Å². The van der Waals surface area contributed by atoms with Crippen molar-refractivity contribution in [3.8, 4) is 0 Å². The summed E-state index contributed by atoms with van der Waals surface area (Å²) in [7, 11) is 1.50. The maximum Gasteiger partial charge on any atom is 0.305 e. The van der Waals surface area contributed by atoms with Crippen LogP contribution in [0.1, 0.15) is 91.4 Å². The molecule has 0 amide bonds. The van der Waals surface area contributed by atoms with Crippen LogP contribution in [0.15, 0.2) is 0 Å². The summed E-state index contributed by atoms with van der Waals surface area (Å²) in [6.45, 7) is 7.56. The molecule has 0 aromatic rings. The van der Waals surface area contributed by atoms with Crippen LogP contribution >= 0.6 is 0 Å². The van der Waals surface area contributed by atoms with Crippen molar-refractivity contribution in [2.45, 2.75) is 97.5 Å². The molecule has 0 heterocycles. The number of aliphatic hydroxyl groups excluding tert-OH is 1. The van der Waals surface area contributed by atoms with Crippen LogP contribution in [0.4, 0.5) is 0 Å². The first-order chi connectivity index (χ1) is 13.3. The molecular weight excluding hydrogens is 348 g/mol. The minimum atomic E-state index is -0.0546. The second kappa shape index (κ2) is 7.60. The normalized spacial score (nSPS) is 48.9. The summed E-state index contributed by atoms with van der Waals surface area (Å²) in [5.41, 5.74) is 0.937. The van der Waals surface area contributed by atoms with Gasteiger partial charge in [0.2, 0.25) is 0 Å². The number of rotatable bonds is 4. The van der Waals surface area contributed by atoms with Gasteiger partial charge in [-0.15, -0.1) is 0 Å². The van der Waals surface area contributed by atoms with E-state index in [9.17, 15) is 9.90 Å². The van der Waals surface area contributed by atoms with E-state index in [0.717, 1.165) is 48.9 Å². The van der Waals surface area contributed by atoms with Crippen LogP contribution in [-0.2, 0) is 9.53 Å². The molecule has 1 N–H and O–H groups in total. The quantitative estimate of drug-likeness (QED) is 0.636. The van der Waals surface area contributed by atoms with Crippen LogP contribution in [0.2, 0.25) is 0 Å². The summed E-state index contributed by atoms with van der Waals surface area (Å²) < 4.78 is 4.88. The molecule has 0 spiro atoms. The summed E-state index contributed by atoms with van der Waals surface area (Å²) in [6.07, 6.45) is 13.1. The summed E-state index contributed by atoms with van der Waals surface area (Å²) in [5.74, 6) is 4.72. The molecule has 0 aromatic heterocycles. The van der Waals surface area contributed by atoms with Crippen LogP contribution in [0.25, 0.3) is 0 Å². The third kappa shape index (κ3) is 3.24. The first-order valence-electron chi connectivity index (χ1n) is 12.0. The molecule has 0 bridgehead atoms. The molecule has 3 heteroatoms. The summed E-state index contributed by atoms with van der Waals surface area (Å²) >= 11 is 0. The lowest BCUT2D eigenvalue weighted by Crippen LogP contribution is -2.54. The minimum absolute atomic E-state index is 0.0463. The number of esters is 1. The summed E-state index contributed by atoms with van der Waals surface area (Å²) in [6, 6.07) is 0. The Bertz CT molecular complexity index is 588. The van der Waals surface area contributed by atoms with Gasteiger partial charge in [-0.2, -0.15) is 0 Å². The maximum atomic E-state index is 11.6. The van der Waals surface area contributed by atoms with Gasteiger partial charge in [-0.1, -0.05) is 20.8 Å². The van der Waals surface area contributed by atoms with Gasteiger partial charge in [0.05, 0.1) is 13.2 Å². The molecule has 4 fully saturated rings. The predicted molar refractivity (Wildman–Crippen MR) is 112 cm³/mol. The first-order valence-corrected chi connectivity index (χ1v) is 12.0. The Hall–Kier alpha value is -0.570. The average Bonchev–Trinajstić information content (AvgIpc) is 3.03. The van der Waals surface area contributed by atoms with Gasteiger partial charge in [0, 0.05) is 6.42 Å². The van der Waals surface area contributed by atoms with Crippen molar-refractivity contribution in [3.63, 3.8) is 0 Å². The molecule has 4 aliphatic rings. The Kier molecular flexibility index (Phi) is 5.61. The van der Waals surface area contributed by atoms with Gasteiger partial charge in [-0.05, 0) is 111 Å². The van der Waals surface area contributed by atoms with Crippen molar-refractivity contribution in [1.29, 1.82) is 0 Å². The van der Waals surface area contributed by atoms with Crippen LogP contribution < -0.4 is 0 Å². The Labute approximate surface area is 172 Å². The highest BCUT2D eigenvalue weighted by Gasteiger charge is 2.60. The number of hydrogen-bond donors (Lipinski definition) is 1. The zero-order valence-corrected chi connectivity index (χ0v) is 18.6. The molecular formula is C25H42O3. The Morgan fingerprint density at radius 3 is 2.50 bits per heavy atom. The first kappa shape index (κ1) is 20.7. The molecule has 4 rings (SSSR count). The number of carbonyl (C=O) groups excluding carboxylic acids is 1. The molecule has 4 aliphatic carbocycles. The fourth-order valence-electron chi connectivity index (χ4n) is 8.86. The van der Waals surface area contributed by atoms with Crippen LogP contribution in [0.3, 0.4) is 0 Å². The third-order valence-corrected chi connectivity index (χ3v) is 10.4. The summed E-state index contributed by atoms with van der Waals surface area (Å²) in [5, 5.41) is 10.2. The maximum absolute atomic E-state index is 11.6. The molecule has 3 nitrogen and oxygen atoms in total. The van der Waals surface area contributed by atoms with E-state index in [1.54, 1.807) is 0 Å². The third-order valence-electron chi connectivity index (χ3n) is 10.4. The SMILES string of the molecule is COC(=O)CCC(C)[C@H]1CCC2C3CC[C@@H]4C[C@H](O)CC[C@]4(C)C3CC[C@@]21C. The van der Waals surface area contributed by atoms with Crippen molar-refractivity contribution in [2.75, 3.05) is 7.11 Å². The summed E-state index contributed by atoms with van der Waals surface area (Å²) in [4.78, 5) is 11.6. The van der Waals surface area contributed by atoms with E-state index < -0.39 is 0 Å². The Balaban J connectivity index is 1.48. The van der Waals surface area contributed by atoms with Crippen molar-refractivity contribution in [3.05, 3.63) is 0 Å². The zero-order valence-electron chi connectivity index (χ0n) is 18.6. The highest BCUT2D eigenvalue weighted by atomic mass is 16.5. The smallest absolute Gasteiger partial charge is 0.305 e. The standard InChI is InChI=1S/C25H42O3/c1-16(5-10-23(27)28-4)20-8-9-21-19-7-6-17-15-18(26)11-13-24(17,2)22(19)12-14-25(20,21)3/h16-22,26H,5-15H2,1-4H3/t16?,17-,18-,19?,20-,21?,22?,24+,25-/m1/s1. The van der Waals surface area contributed by atoms with Gasteiger partial charge in [0.15, 0.2) is 0 Å². The molecule has 9 atom stereocenters. The lowest BCUT2D eigenvalue weighted by Gasteiger charge is -2.61. The van der Waals surface area contributed by atoms with Crippen molar-refractivity contribution >= 4 is 5.97 Å². The van der Waals surface area contributed by atoms with E-state index in [0.29, 0.717) is 23.2 Å². The molecule has 160 valence electrons. The molecule has 0 radical (unpaired) electrons. The molecule has 28 heavy (non-hydrogen) atoms. The average molecular weight is 391 g/mol. The molecule has 4 unspecified atom stereocenters. The minimum Gasteiger partial charge on any atom is -0.469 e. The van der Waals surface area contributed by atoms with Crippen molar-refractivity contribution < 1.29 is 14.6 Å². The van der Waals surface area contributed by atoms with E-state index in [4.69, 9.17) is 4.74 Å². The molecule has 0 saturated heterocycles. The molecule has 4 saturated carbocycles. The highest BCUT2D eigenvalue weighted by molar-refractivity contribution is 5.69. The lowest BCUT2D eigenvalue weighted by molar-refractivity contribution is -0.141. The highest BCUT2D eigenvalue weighted by Crippen LogP contribution is 2.68. The molecule has 0 aliphatic heterocycles. The zero-order chi connectivity index (χ0) is 20.1. The topological polar surface area (TPSA) is 46.5 Å². The number of carbonyl (C=O) groups is 1. The van der Waals surface area contributed by atoms with Gasteiger partial charge in [-0.3, -0.25) is 4.79 Å². The van der Waals surface area contributed by atoms with Crippen LogP contribution in [0, 0.1) is 46.3 Å². The van der Waals surface area contributed by atoms with Gasteiger partial charge >= 0.3 is 5.97 Å². The second-order valence-corrected chi connectivity index (χ2v) is 11.4. The van der Waals surface area contributed by atoms with Gasteiger partial charge in [0.25, 0.3) is 0 Å². The number of hydrogen-bond acceptors (Lipinski definition) is 3. The van der Waals surface area contributed by atoms with E-state index in [-0.39, 0.29) is 12.1 Å². The predicted octanol–water partition coefficient (Wildman–Crippen LogP) is 5.60. The monoisotopic (exact) mass is 390 g/mol. The van der Waals surface area contributed by atoms with Crippen LogP contribution in [0.5, 0.6) is 0 Å². The van der Waals surface area contributed by atoms with Gasteiger partial charge in [-0.25, -0.2) is 0 Å². The number of fused-ring (bicyclic) bond motifs is 5. The van der Waals surface area contributed by atoms with Crippen molar-refractivity contribution in [2.24, 2.45) is 46.3 Å². The Morgan fingerprint density at radius 2 is 1.75 bits per heavy atom. The van der Waals surface area contributed by atoms with E-state index in [1.807, 2.05) is 0 Å². The fourth-order valence-corrected chi connectivity index (χ4v) is 8.86. The molecule has 0 aromatic carbocycles. The van der Waals surface area contributed by atoms with Crippen molar-refractivity contribution in [1.82, 2.24) is 0 Å². The van der Waals surface area contributed by atoms with E-state index in [2.05, 4.69) is 20.8 Å². The largest absolute Gasteiger partial charge is 0.469 e. The number of aliphatic hydroxyl groups is 1. The number of methoxy groups -OCH3 is 1. The van der Waals surface area contributed by atoms with E-state index >= 15 is 0 Å². The van der Waals surface area contributed by atoms with Gasteiger partial charge < -0.3 is 9.84 Å². The second-order valence-electron chi connectivity index (χ2n) is 11.4.